The number of aliphatic hydroxyl groups is 3. The van der Waals surface area contributed by atoms with E-state index in [1.165, 1.54) is 0 Å². The third-order valence-electron chi connectivity index (χ3n) is 8.77. The molecule has 4 bridgehead atoms. The summed E-state index contributed by atoms with van der Waals surface area (Å²) in [6, 6.07) is 0. The number of hydrogen-bond acceptors (Lipinski definition) is 5. The number of Topliss-reactive ketones (excluding diaryl/α,β-unsaturated/α-hetero) is 1. The molecule has 0 aromatic rings. The number of ether oxygens (including phenoxy) is 1. The first-order chi connectivity index (χ1) is 11.6. The molecule has 4 saturated carbocycles. The second-order valence-corrected chi connectivity index (χ2v) is 9.89. The molecule has 0 aromatic heterocycles. The minimum Gasteiger partial charge on any atom is -0.391 e. The van der Waals surface area contributed by atoms with E-state index in [1.54, 1.807) is 0 Å². The highest BCUT2D eigenvalue weighted by Gasteiger charge is 2.85. The van der Waals surface area contributed by atoms with Gasteiger partial charge in [0.25, 0.3) is 0 Å². The zero-order valence-electron chi connectivity index (χ0n) is 15.0. The van der Waals surface area contributed by atoms with Crippen LogP contribution in [0.2, 0.25) is 0 Å². The summed E-state index contributed by atoms with van der Waals surface area (Å²) in [7, 11) is 0. The number of carbonyl (C=O) groups is 1. The standard InChI is InChI=1S/C20H28O5/c1-10-11-5-6-12-18-8-4-7-17(2,3)13(18)16(23)20(24,25-9-18)19(12,14(10)21)15(11)22/h11-13,15-16,22-24H,1,4-9H2,2-3H3/t11-,12-,13+,15+,16-,18+,19-,20-/m0/s1. The highest BCUT2D eigenvalue weighted by Crippen LogP contribution is 2.76. The van der Waals surface area contributed by atoms with Crippen molar-refractivity contribution in [2.75, 3.05) is 6.61 Å². The number of fused-ring (bicyclic) bond motifs is 2. The minimum atomic E-state index is -2.02. The molecule has 6 fully saturated rings. The fourth-order valence-corrected chi connectivity index (χ4v) is 7.99. The van der Waals surface area contributed by atoms with Gasteiger partial charge in [0.2, 0.25) is 5.79 Å². The van der Waals surface area contributed by atoms with Crippen molar-refractivity contribution < 1.29 is 24.9 Å². The molecule has 5 heteroatoms. The Morgan fingerprint density at radius 2 is 1.88 bits per heavy atom. The molecule has 138 valence electrons. The normalized spacial score (nSPS) is 58.8. The molecule has 3 N–H and O–H groups in total. The smallest absolute Gasteiger partial charge is 0.208 e. The van der Waals surface area contributed by atoms with E-state index in [2.05, 4.69) is 20.4 Å². The summed E-state index contributed by atoms with van der Waals surface area (Å²) in [5.74, 6) is -2.92. The van der Waals surface area contributed by atoms with Crippen LogP contribution in [0, 0.1) is 34.0 Å². The summed E-state index contributed by atoms with van der Waals surface area (Å²) in [5.41, 5.74) is -1.56. The molecule has 0 aromatic carbocycles. The van der Waals surface area contributed by atoms with E-state index in [9.17, 15) is 20.1 Å². The van der Waals surface area contributed by atoms with Gasteiger partial charge in [-0.15, -0.1) is 0 Å². The zero-order valence-corrected chi connectivity index (χ0v) is 15.0. The number of aliphatic hydroxyl groups excluding tert-OH is 2. The maximum Gasteiger partial charge on any atom is 0.208 e. The van der Waals surface area contributed by atoms with E-state index < -0.39 is 23.4 Å². The average molecular weight is 348 g/mol. The van der Waals surface area contributed by atoms with E-state index >= 15 is 0 Å². The molecule has 2 aliphatic heterocycles. The zero-order chi connectivity index (χ0) is 18.0. The van der Waals surface area contributed by atoms with Crippen LogP contribution in [-0.2, 0) is 9.53 Å². The molecule has 5 nitrogen and oxygen atoms in total. The molecular weight excluding hydrogens is 320 g/mol. The predicted octanol–water partition coefficient (Wildman–Crippen LogP) is 1.40. The van der Waals surface area contributed by atoms with E-state index in [0.29, 0.717) is 12.2 Å². The molecule has 8 atom stereocenters. The van der Waals surface area contributed by atoms with E-state index in [1.807, 2.05) is 0 Å². The van der Waals surface area contributed by atoms with E-state index in [0.717, 1.165) is 32.1 Å². The van der Waals surface area contributed by atoms with Gasteiger partial charge in [0.15, 0.2) is 5.78 Å². The molecular formula is C20H28O5. The first kappa shape index (κ1) is 16.4. The third kappa shape index (κ3) is 1.41. The molecule has 4 aliphatic carbocycles. The van der Waals surface area contributed by atoms with Gasteiger partial charge in [-0.25, -0.2) is 0 Å². The van der Waals surface area contributed by atoms with Crippen molar-refractivity contribution in [1.29, 1.82) is 0 Å². The Labute approximate surface area is 148 Å². The molecule has 6 aliphatic rings. The maximum absolute atomic E-state index is 13.3. The third-order valence-corrected chi connectivity index (χ3v) is 8.77. The second-order valence-electron chi connectivity index (χ2n) is 9.89. The topological polar surface area (TPSA) is 87.0 Å². The molecule has 6 rings (SSSR count). The highest BCUT2D eigenvalue weighted by atomic mass is 16.6. The SMILES string of the molecule is C=C1C(=O)[C@]23[C@H](O)[C@H]1CC[C@H]2[C@]12CCCC(C)(C)[C@H]1[C@H](O)[C@]3(O)OC2. The van der Waals surface area contributed by atoms with Crippen molar-refractivity contribution in [2.45, 2.75) is 63.9 Å². The Bertz CT molecular complexity index is 686. The van der Waals surface area contributed by atoms with Gasteiger partial charge in [-0.05, 0) is 42.6 Å². The van der Waals surface area contributed by atoms with E-state index in [-0.39, 0.29) is 34.4 Å². The van der Waals surface area contributed by atoms with Gasteiger partial charge in [-0.2, -0.15) is 0 Å². The molecule has 2 heterocycles. The molecule has 2 saturated heterocycles. The molecule has 25 heavy (non-hydrogen) atoms. The predicted molar refractivity (Wildman–Crippen MR) is 89.3 cm³/mol. The first-order valence-electron chi connectivity index (χ1n) is 9.61. The molecule has 0 amide bonds. The lowest BCUT2D eigenvalue weighted by atomic mass is 9.36. The Morgan fingerprint density at radius 3 is 2.60 bits per heavy atom. The fraction of sp³-hybridized carbons (Fsp3) is 0.850. The van der Waals surface area contributed by atoms with Crippen LogP contribution in [0.5, 0.6) is 0 Å². The quantitative estimate of drug-likeness (QED) is 0.576. The lowest BCUT2D eigenvalue weighted by Gasteiger charge is -2.73. The van der Waals surface area contributed by atoms with Crippen molar-refractivity contribution in [2.24, 2.45) is 34.0 Å². The van der Waals surface area contributed by atoms with Crippen molar-refractivity contribution in [3.05, 3.63) is 12.2 Å². The largest absolute Gasteiger partial charge is 0.391 e. The molecule has 0 radical (unpaired) electrons. The van der Waals surface area contributed by atoms with Crippen LogP contribution >= 0.6 is 0 Å². The Kier molecular flexibility index (Phi) is 2.88. The molecule has 0 unspecified atom stereocenters. The summed E-state index contributed by atoms with van der Waals surface area (Å²) in [5, 5.41) is 34.0. The lowest BCUT2D eigenvalue weighted by Crippen LogP contribution is -2.83. The summed E-state index contributed by atoms with van der Waals surface area (Å²) in [6.07, 6.45) is 2.18. The van der Waals surface area contributed by atoms with Crippen molar-refractivity contribution in [1.82, 2.24) is 0 Å². The van der Waals surface area contributed by atoms with Gasteiger partial charge in [-0.3, -0.25) is 4.79 Å². The van der Waals surface area contributed by atoms with Crippen LogP contribution in [0.1, 0.15) is 46.0 Å². The first-order valence-corrected chi connectivity index (χ1v) is 9.61. The summed E-state index contributed by atoms with van der Waals surface area (Å²) >= 11 is 0. The van der Waals surface area contributed by atoms with Gasteiger partial charge in [0, 0.05) is 17.3 Å². The average Bonchev–Trinajstić information content (AvgIpc) is 2.66. The number of carbonyl (C=O) groups excluding carboxylic acids is 1. The highest BCUT2D eigenvalue weighted by molar-refractivity contribution is 6.05. The summed E-state index contributed by atoms with van der Waals surface area (Å²) < 4.78 is 5.89. The Hall–Kier alpha value is -0.750. The van der Waals surface area contributed by atoms with Gasteiger partial charge in [0.1, 0.15) is 11.5 Å². The Balaban J connectivity index is 1.79. The maximum atomic E-state index is 13.3. The van der Waals surface area contributed by atoms with Crippen LogP contribution in [0.25, 0.3) is 0 Å². The minimum absolute atomic E-state index is 0.131. The second kappa shape index (κ2) is 4.38. The number of hydrogen-bond donors (Lipinski definition) is 3. The Morgan fingerprint density at radius 1 is 1.16 bits per heavy atom. The summed E-state index contributed by atoms with van der Waals surface area (Å²) in [6.45, 7) is 8.58. The van der Waals surface area contributed by atoms with Crippen LogP contribution in [-0.4, -0.2) is 45.7 Å². The molecule has 2 spiro atoms. The van der Waals surface area contributed by atoms with Crippen LogP contribution in [0.15, 0.2) is 12.2 Å². The van der Waals surface area contributed by atoms with Crippen molar-refractivity contribution >= 4 is 5.78 Å². The van der Waals surface area contributed by atoms with Gasteiger partial charge >= 0.3 is 0 Å². The van der Waals surface area contributed by atoms with Crippen molar-refractivity contribution in [3.63, 3.8) is 0 Å². The van der Waals surface area contributed by atoms with Crippen LogP contribution < -0.4 is 0 Å². The van der Waals surface area contributed by atoms with Gasteiger partial charge < -0.3 is 20.1 Å². The van der Waals surface area contributed by atoms with Gasteiger partial charge in [0.05, 0.1) is 12.7 Å². The van der Waals surface area contributed by atoms with Crippen molar-refractivity contribution in [3.8, 4) is 0 Å². The number of ketones is 1. The van der Waals surface area contributed by atoms with E-state index in [4.69, 9.17) is 4.74 Å². The summed E-state index contributed by atoms with van der Waals surface area (Å²) in [4.78, 5) is 13.3. The number of rotatable bonds is 0. The van der Waals surface area contributed by atoms with Crippen LogP contribution in [0.4, 0.5) is 0 Å². The van der Waals surface area contributed by atoms with Gasteiger partial charge in [-0.1, -0.05) is 26.8 Å². The lowest BCUT2D eigenvalue weighted by molar-refractivity contribution is -0.448. The monoisotopic (exact) mass is 348 g/mol. The van der Waals surface area contributed by atoms with Crippen LogP contribution in [0.3, 0.4) is 0 Å². The fourth-order valence-electron chi connectivity index (χ4n) is 7.99.